The van der Waals surface area contributed by atoms with Crippen molar-refractivity contribution in [2.24, 2.45) is 0 Å². The van der Waals surface area contributed by atoms with E-state index in [0.29, 0.717) is 0 Å². The average molecular weight is 391 g/mol. The van der Waals surface area contributed by atoms with Crippen molar-refractivity contribution in [1.29, 1.82) is 0 Å². The van der Waals surface area contributed by atoms with Gasteiger partial charge in [0.2, 0.25) is 0 Å². The number of hydrogen-bond donors (Lipinski definition) is 1. The molecule has 1 radical (unpaired) electrons. The van der Waals surface area contributed by atoms with Gasteiger partial charge < -0.3 is 0 Å². The summed E-state index contributed by atoms with van der Waals surface area (Å²) in [5, 5.41) is 1.20. The van der Waals surface area contributed by atoms with Crippen molar-refractivity contribution >= 4 is 31.4 Å². The van der Waals surface area contributed by atoms with Crippen molar-refractivity contribution < 1.29 is 4.74 Å². The summed E-state index contributed by atoms with van der Waals surface area (Å²) >= 11 is 3.23. The van der Waals surface area contributed by atoms with E-state index >= 15 is 0 Å². The number of methoxy groups -OCH3 is 1. The summed E-state index contributed by atoms with van der Waals surface area (Å²) in [6.07, 6.45) is 0. The second kappa shape index (κ2) is 6.44. The first-order chi connectivity index (χ1) is 12.2. The first kappa shape index (κ1) is 16.0. The topological polar surface area (TPSA) is 25.0 Å². The van der Waals surface area contributed by atoms with Crippen molar-refractivity contribution in [1.82, 2.24) is 4.98 Å². The Bertz CT molecular complexity index is 1050. The van der Waals surface area contributed by atoms with Crippen LogP contribution in [-0.2, 0) is 0 Å². The Morgan fingerprint density at radius 3 is 2.40 bits per heavy atom. The Hall–Kier alpha value is -2.48. The molecule has 0 saturated heterocycles. The second-order valence-electron chi connectivity index (χ2n) is 6.11. The number of H-pyrrole nitrogens is 1. The minimum atomic E-state index is 0.879. The van der Waals surface area contributed by atoms with Crippen molar-refractivity contribution in [3.63, 3.8) is 0 Å². The number of aromatic nitrogens is 1. The fraction of sp³-hybridized carbons (Fsp3) is 0.0909. The Labute approximate surface area is 155 Å². The summed E-state index contributed by atoms with van der Waals surface area (Å²) in [6, 6.07) is 23.2. The van der Waals surface area contributed by atoms with Crippen LogP contribution in [0.3, 0.4) is 0 Å². The van der Waals surface area contributed by atoms with Gasteiger partial charge in [-0.15, -0.1) is 0 Å². The van der Waals surface area contributed by atoms with Crippen molar-refractivity contribution in [2.45, 2.75) is 6.92 Å². The number of hydrogen-bond acceptors (Lipinski definition) is 1. The number of nitrogens with one attached hydrogen (secondary N) is 1. The van der Waals surface area contributed by atoms with Gasteiger partial charge in [-0.3, -0.25) is 0 Å². The molecule has 25 heavy (non-hydrogen) atoms. The summed E-state index contributed by atoms with van der Waals surface area (Å²) in [5.74, 6) is 0.879. The summed E-state index contributed by atoms with van der Waals surface area (Å²) in [4.78, 5) is 3.56. The minimum absolute atomic E-state index is 0.879. The molecule has 3 aromatic carbocycles. The van der Waals surface area contributed by atoms with Gasteiger partial charge in [0.15, 0.2) is 0 Å². The molecule has 1 aromatic heterocycles. The summed E-state index contributed by atoms with van der Waals surface area (Å²) < 4.78 is 6.50. The molecule has 4 rings (SSSR count). The standard InChI is InChI=1S/C22H18NOSe/c1-14-19-13-17(24-2)9-11-20(19)23-22(14)18-10-8-16(12-21(18)25)15-6-4-3-5-7-15/h3-13,23H,1-2H3. The van der Waals surface area contributed by atoms with Crippen molar-refractivity contribution in [3.05, 3.63) is 72.3 Å². The van der Waals surface area contributed by atoms with Crippen LogP contribution >= 0.6 is 0 Å². The van der Waals surface area contributed by atoms with Crippen LogP contribution in [-0.4, -0.2) is 28.1 Å². The molecule has 3 heteroatoms. The van der Waals surface area contributed by atoms with Crippen LogP contribution in [0.1, 0.15) is 5.56 Å². The molecule has 0 spiro atoms. The Morgan fingerprint density at radius 1 is 0.880 bits per heavy atom. The van der Waals surface area contributed by atoms with Crippen LogP contribution in [0.5, 0.6) is 5.75 Å². The molecular formula is C22H18NOSe. The van der Waals surface area contributed by atoms with E-state index in [1.54, 1.807) is 7.11 Å². The third-order valence-corrected chi connectivity index (χ3v) is 5.33. The molecule has 0 bridgehead atoms. The molecule has 0 atom stereocenters. The van der Waals surface area contributed by atoms with Crippen LogP contribution in [0.15, 0.2) is 66.7 Å². The van der Waals surface area contributed by atoms with Gasteiger partial charge in [0.05, 0.1) is 0 Å². The summed E-state index contributed by atoms with van der Waals surface area (Å²) in [5.41, 5.74) is 7.14. The van der Waals surface area contributed by atoms with Gasteiger partial charge in [-0.25, -0.2) is 0 Å². The molecule has 4 aromatic rings. The average Bonchev–Trinajstić information content (AvgIpc) is 2.98. The molecule has 1 N–H and O–H groups in total. The van der Waals surface area contributed by atoms with Crippen LogP contribution in [0.25, 0.3) is 33.3 Å². The summed E-state index contributed by atoms with van der Waals surface area (Å²) in [7, 11) is 1.70. The molecule has 2 nitrogen and oxygen atoms in total. The van der Waals surface area contributed by atoms with Crippen molar-refractivity contribution in [3.8, 4) is 28.1 Å². The van der Waals surface area contributed by atoms with Gasteiger partial charge >= 0.3 is 156 Å². The van der Waals surface area contributed by atoms with E-state index in [1.807, 2.05) is 12.1 Å². The fourth-order valence-corrected chi connectivity index (χ4v) is 3.86. The monoisotopic (exact) mass is 392 g/mol. The van der Waals surface area contributed by atoms with E-state index in [4.69, 9.17) is 4.74 Å². The predicted molar refractivity (Wildman–Crippen MR) is 106 cm³/mol. The van der Waals surface area contributed by atoms with Crippen LogP contribution in [0.4, 0.5) is 0 Å². The van der Waals surface area contributed by atoms with Gasteiger partial charge in [0.25, 0.3) is 0 Å². The van der Waals surface area contributed by atoms with Crippen LogP contribution in [0.2, 0.25) is 0 Å². The number of ether oxygens (including phenoxy) is 1. The van der Waals surface area contributed by atoms with Gasteiger partial charge in [-0.1, -0.05) is 0 Å². The Balaban J connectivity index is 1.82. The normalized spacial score (nSPS) is 11.0. The molecule has 0 aliphatic rings. The van der Waals surface area contributed by atoms with Gasteiger partial charge in [-0.2, -0.15) is 0 Å². The van der Waals surface area contributed by atoms with Crippen molar-refractivity contribution in [2.75, 3.05) is 7.11 Å². The molecule has 0 saturated carbocycles. The molecule has 0 aliphatic carbocycles. The quantitative estimate of drug-likeness (QED) is 0.507. The zero-order chi connectivity index (χ0) is 17.4. The van der Waals surface area contributed by atoms with E-state index in [-0.39, 0.29) is 0 Å². The summed E-state index contributed by atoms with van der Waals surface area (Å²) in [6.45, 7) is 2.15. The molecule has 0 fully saturated rings. The van der Waals surface area contributed by atoms with Gasteiger partial charge in [0.1, 0.15) is 0 Å². The zero-order valence-electron chi connectivity index (χ0n) is 14.2. The molecule has 1 heterocycles. The fourth-order valence-electron chi connectivity index (χ4n) is 3.24. The van der Waals surface area contributed by atoms with Gasteiger partial charge in [-0.05, 0) is 0 Å². The SMILES string of the molecule is COc1ccc2[nH]c(-c3ccc(-c4ccccc4)cc3[Se])c(C)c2c1. The zero-order valence-corrected chi connectivity index (χ0v) is 15.9. The molecular weight excluding hydrogens is 373 g/mol. The van der Waals surface area contributed by atoms with Crippen LogP contribution in [0, 0.1) is 6.92 Å². The third kappa shape index (κ3) is 2.86. The Kier molecular flexibility index (Phi) is 4.12. The molecule has 0 amide bonds. The maximum atomic E-state index is 5.36. The van der Waals surface area contributed by atoms with E-state index in [9.17, 15) is 0 Å². The van der Waals surface area contributed by atoms with E-state index in [2.05, 4.69) is 82.5 Å². The number of aryl methyl sites for hydroxylation is 1. The predicted octanol–water partition coefficient (Wildman–Crippen LogP) is 4.61. The molecule has 0 aliphatic heterocycles. The first-order valence-electron chi connectivity index (χ1n) is 8.20. The Morgan fingerprint density at radius 2 is 1.68 bits per heavy atom. The van der Waals surface area contributed by atoms with E-state index < -0.39 is 0 Å². The van der Waals surface area contributed by atoms with E-state index in [0.717, 1.165) is 21.4 Å². The molecule has 0 unspecified atom stereocenters. The first-order valence-corrected chi connectivity index (χ1v) is 9.06. The van der Waals surface area contributed by atoms with E-state index in [1.165, 1.54) is 27.6 Å². The van der Waals surface area contributed by atoms with Gasteiger partial charge in [0, 0.05) is 0 Å². The van der Waals surface area contributed by atoms with Crippen LogP contribution < -0.4 is 9.20 Å². The third-order valence-electron chi connectivity index (χ3n) is 4.62. The second-order valence-corrected chi connectivity index (χ2v) is 7.04. The molecule has 123 valence electrons. The number of aromatic amines is 1. The number of benzene rings is 3. The maximum absolute atomic E-state index is 5.36. The number of rotatable bonds is 3. The number of fused-ring (bicyclic) bond motifs is 1.